The fraction of sp³-hybridized carbons (Fsp3) is 0.462. The fourth-order valence-electron chi connectivity index (χ4n) is 2.05. The number of rotatable bonds is 4. The van der Waals surface area contributed by atoms with Gasteiger partial charge < -0.3 is 20.7 Å². The summed E-state index contributed by atoms with van der Waals surface area (Å²) in [5.41, 5.74) is 7.72. The van der Waals surface area contributed by atoms with Crippen LogP contribution < -0.4 is 20.7 Å². The van der Waals surface area contributed by atoms with Crippen molar-refractivity contribution in [2.24, 2.45) is 5.73 Å². The molecule has 1 unspecified atom stereocenters. The minimum Gasteiger partial charge on any atom is -0.482 e. The lowest BCUT2D eigenvalue weighted by Gasteiger charge is -2.31. The minimum absolute atomic E-state index is 0.0404. The molecule has 0 aromatic heterocycles. The molecule has 2 rings (SSSR count). The van der Waals surface area contributed by atoms with Gasteiger partial charge in [-0.3, -0.25) is 4.79 Å². The SMILES string of the molecule is CNCc1ccc2c(c1)N(CC(C)N)C(=O)CO2. The number of carbonyl (C=O) groups is 1. The average molecular weight is 249 g/mol. The van der Waals surface area contributed by atoms with E-state index in [0.717, 1.165) is 23.5 Å². The molecule has 1 amide bonds. The highest BCUT2D eigenvalue weighted by atomic mass is 16.5. The summed E-state index contributed by atoms with van der Waals surface area (Å²) < 4.78 is 5.43. The second-order valence-electron chi connectivity index (χ2n) is 4.60. The predicted molar refractivity (Wildman–Crippen MR) is 70.7 cm³/mol. The molecule has 0 spiro atoms. The van der Waals surface area contributed by atoms with Crippen LogP contribution >= 0.6 is 0 Å². The van der Waals surface area contributed by atoms with Crippen LogP contribution in [0.1, 0.15) is 12.5 Å². The summed E-state index contributed by atoms with van der Waals surface area (Å²) in [6.07, 6.45) is 0. The van der Waals surface area contributed by atoms with Crippen LogP contribution in [0.5, 0.6) is 5.75 Å². The van der Waals surface area contributed by atoms with E-state index >= 15 is 0 Å². The lowest BCUT2D eigenvalue weighted by molar-refractivity contribution is -0.121. The number of nitrogens with one attached hydrogen (secondary N) is 1. The third kappa shape index (κ3) is 2.63. The van der Waals surface area contributed by atoms with Crippen molar-refractivity contribution in [3.63, 3.8) is 0 Å². The Morgan fingerprint density at radius 1 is 1.56 bits per heavy atom. The van der Waals surface area contributed by atoms with Crippen molar-refractivity contribution < 1.29 is 9.53 Å². The van der Waals surface area contributed by atoms with Gasteiger partial charge in [-0.2, -0.15) is 0 Å². The summed E-state index contributed by atoms with van der Waals surface area (Å²) in [4.78, 5) is 13.6. The van der Waals surface area contributed by atoms with E-state index in [-0.39, 0.29) is 18.6 Å². The van der Waals surface area contributed by atoms with Crippen LogP contribution in [-0.2, 0) is 11.3 Å². The first-order valence-electron chi connectivity index (χ1n) is 6.08. The molecule has 18 heavy (non-hydrogen) atoms. The first kappa shape index (κ1) is 12.9. The third-order valence-corrected chi connectivity index (χ3v) is 2.82. The Bertz CT molecular complexity index is 446. The Kier molecular flexibility index (Phi) is 3.84. The number of amides is 1. The number of ether oxygens (including phenoxy) is 1. The summed E-state index contributed by atoms with van der Waals surface area (Å²) >= 11 is 0. The average Bonchev–Trinajstić information content (AvgIpc) is 2.33. The highest BCUT2D eigenvalue weighted by Crippen LogP contribution is 2.32. The lowest BCUT2D eigenvalue weighted by atomic mass is 10.1. The van der Waals surface area contributed by atoms with Gasteiger partial charge in [0.1, 0.15) is 5.75 Å². The quantitative estimate of drug-likeness (QED) is 0.814. The first-order valence-corrected chi connectivity index (χ1v) is 6.08. The Balaban J connectivity index is 2.33. The predicted octanol–water partition coefficient (Wildman–Crippen LogP) is 0.479. The van der Waals surface area contributed by atoms with Crippen molar-refractivity contribution in [3.05, 3.63) is 23.8 Å². The Labute approximate surface area is 107 Å². The molecular formula is C13H19N3O2. The van der Waals surface area contributed by atoms with Gasteiger partial charge in [0.15, 0.2) is 6.61 Å². The van der Waals surface area contributed by atoms with Gasteiger partial charge in [-0.1, -0.05) is 6.07 Å². The van der Waals surface area contributed by atoms with Crippen molar-refractivity contribution >= 4 is 11.6 Å². The zero-order valence-corrected chi connectivity index (χ0v) is 10.8. The van der Waals surface area contributed by atoms with Crippen molar-refractivity contribution in [1.82, 2.24) is 5.32 Å². The number of benzene rings is 1. The highest BCUT2D eigenvalue weighted by Gasteiger charge is 2.26. The number of nitrogens with zero attached hydrogens (tertiary/aromatic N) is 1. The first-order chi connectivity index (χ1) is 8.61. The molecular weight excluding hydrogens is 230 g/mol. The highest BCUT2D eigenvalue weighted by molar-refractivity contribution is 5.98. The van der Waals surface area contributed by atoms with E-state index < -0.39 is 0 Å². The minimum atomic E-state index is -0.0622. The van der Waals surface area contributed by atoms with E-state index in [4.69, 9.17) is 10.5 Å². The molecule has 98 valence electrons. The van der Waals surface area contributed by atoms with E-state index in [1.807, 2.05) is 32.2 Å². The molecule has 1 atom stereocenters. The second kappa shape index (κ2) is 5.37. The number of fused-ring (bicyclic) bond motifs is 1. The van der Waals surface area contributed by atoms with Crippen molar-refractivity contribution in [2.45, 2.75) is 19.5 Å². The molecule has 5 heteroatoms. The van der Waals surface area contributed by atoms with Crippen LogP contribution in [-0.4, -0.2) is 32.1 Å². The van der Waals surface area contributed by atoms with Crippen molar-refractivity contribution in [2.75, 3.05) is 25.1 Å². The van der Waals surface area contributed by atoms with Gasteiger partial charge in [-0.05, 0) is 31.7 Å². The summed E-state index contributed by atoms with van der Waals surface area (Å²) in [7, 11) is 1.89. The summed E-state index contributed by atoms with van der Waals surface area (Å²) in [5, 5.41) is 3.09. The van der Waals surface area contributed by atoms with E-state index in [1.54, 1.807) is 4.90 Å². The molecule has 1 aromatic carbocycles. The van der Waals surface area contributed by atoms with Gasteiger partial charge in [-0.15, -0.1) is 0 Å². The van der Waals surface area contributed by atoms with Gasteiger partial charge in [0, 0.05) is 19.1 Å². The van der Waals surface area contributed by atoms with E-state index in [1.165, 1.54) is 0 Å². The van der Waals surface area contributed by atoms with Crippen LogP contribution in [0.2, 0.25) is 0 Å². The van der Waals surface area contributed by atoms with Crippen LogP contribution in [0.15, 0.2) is 18.2 Å². The van der Waals surface area contributed by atoms with E-state index in [2.05, 4.69) is 5.32 Å². The summed E-state index contributed by atoms with van der Waals surface area (Å²) in [5.74, 6) is 0.705. The van der Waals surface area contributed by atoms with Gasteiger partial charge >= 0.3 is 0 Å². The Morgan fingerprint density at radius 2 is 2.33 bits per heavy atom. The molecule has 1 aromatic rings. The molecule has 5 nitrogen and oxygen atoms in total. The molecule has 0 bridgehead atoms. The summed E-state index contributed by atoms with van der Waals surface area (Å²) in [6.45, 7) is 3.25. The van der Waals surface area contributed by atoms with Crippen LogP contribution in [0.3, 0.4) is 0 Å². The van der Waals surface area contributed by atoms with Crippen molar-refractivity contribution in [3.8, 4) is 5.75 Å². The van der Waals surface area contributed by atoms with E-state index in [0.29, 0.717) is 6.54 Å². The number of nitrogens with two attached hydrogens (primary N) is 1. The molecule has 0 saturated carbocycles. The largest absolute Gasteiger partial charge is 0.482 e. The zero-order valence-electron chi connectivity index (χ0n) is 10.8. The van der Waals surface area contributed by atoms with Crippen molar-refractivity contribution in [1.29, 1.82) is 0 Å². The fourth-order valence-corrected chi connectivity index (χ4v) is 2.05. The van der Waals surface area contributed by atoms with Crippen LogP contribution in [0, 0.1) is 0 Å². The Morgan fingerprint density at radius 3 is 3.00 bits per heavy atom. The molecule has 3 N–H and O–H groups in total. The standard InChI is InChI=1S/C13H19N3O2/c1-9(14)7-16-11-5-10(6-15-2)3-4-12(11)18-8-13(16)17/h3-5,9,15H,6-8,14H2,1-2H3. The number of hydrogen-bond donors (Lipinski definition) is 2. The van der Waals surface area contributed by atoms with Crippen LogP contribution in [0.4, 0.5) is 5.69 Å². The molecule has 1 heterocycles. The van der Waals surface area contributed by atoms with Gasteiger partial charge in [-0.25, -0.2) is 0 Å². The molecule has 0 aliphatic carbocycles. The Hall–Kier alpha value is -1.59. The number of hydrogen-bond acceptors (Lipinski definition) is 4. The number of anilines is 1. The van der Waals surface area contributed by atoms with Gasteiger partial charge in [0.2, 0.25) is 0 Å². The zero-order chi connectivity index (χ0) is 13.1. The lowest BCUT2D eigenvalue weighted by Crippen LogP contribution is -2.44. The third-order valence-electron chi connectivity index (χ3n) is 2.82. The van der Waals surface area contributed by atoms with Crippen LogP contribution in [0.25, 0.3) is 0 Å². The maximum Gasteiger partial charge on any atom is 0.265 e. The monoisotopic (exact) mass is 249 g/mol. The van der Waals surface area contributed by atoms with Gasteiger partial charge in [0.25, 0.3) is 5.91 Å². The molecule has 0 saturated heterocycles. The maximum absolute atomic E-state index is 11.9. The molecule has 1 aliphatic rings. The normalized spacial score (nSPS) is 16.2. The topological polar surface area (TPSA) is 67.6 Å². The smallest absolute Gasteiger partial charge is 0.265 e. The molecule has 0 fully saturated rings. The van der Waals surface area contributed by atoms with Gasteiger partial charge in [0.05, 0.1) is 5.69 Å². The van der Waals surface area contributed by atoms with E-state index in [9.17, 15) is 4.79 Å². The summed E-state index contributed by atoms with van der Waals surface area (Å²) in [6, 6.07) is 5.82. The number of carbonyl (C=O) groups excluding carboxylic acids is 1. The second-order valence-corrected chi connectivity index (χ2v) is 4.60. The molecule has 1 aliphatic heterocycles. The maximum atomic E-state index is 11.9. The molecule has 0 radical (unpaired) electrons.